The van der Waals surface area contributed by atoms with Crippen LogP contribution in [0, 0.1) is 0 Å². The van der Waals surface area contributed by atoms with Gasteiger partial charge < -0.3 is 9.47 Å². The first-order valence-corrected chi connectivity index (χ1v) is 6.73. The van der Waals surface area contributed by atoms with Crippen molar-refractivity contribution in [1.82, 2.24) is 19.5 Å². The van der Waals surface area contributed by atoms with Gasteiger partial charge in [-0.1, -0.05) is 11.6 Å². The molecule has 2 heterocycles. The Hall–Kier alpha value is -1.62. The van der Waals surface area contributed by atoms with Gasteiger partial charge in [0.1, 0.15) is 22.6 Å². The van der Waals surface area contributed by atoms with E-state index in [1.807, 2.05) is 29.8 Å². The van der Waals surface area contributed by atoms with Crippen molar-refractivity contribution in [2.24, 2.45) is 7.05 Å². The van der Waals surface area contributed by atoms with Gasteiger partial charge in [0, 0.05) is 38.5 Å². The minimum absolute atomic E-state index is 0.499. The summed E-state index contributed by atoms with van der Waals surface area (Å²) in [6.07, 6.45) is 6.07. The number of rotatable bonds is 4. The highest BCUT2D eigenvalue weighted by Gasteiger charge is 2.27. The molecule has 2 aromatic rings. The zero-order valence-electron chi connectivity index (χ0n) is 11.0. The van der Waals surface area contributed by atoms with Crippen LogP contribution in [0.1, 0.15) is 30.4 Å². The number of imidazole rings is 1. The van der Waals surface area contributed by atoms with Gasteiger partial charge in [-0.05, 0) is 12.8 Å². The highest BCUT2D eigenvalue weighted by atomic mass is 35.5. The van der Waals surface area contributed by atoms with Crippen molar-refractivity contribution in [2.75, 3.05) is 11.9 Å². The van der Waals surface area contributed by atoms with Crippen LogP contribution in [0.25, 0.3) is 0 Å². The predicted octanol–water partition coefficient (Wildman–Crippen LogP) is 2.38. The summed E-state index contributed by atoms with van der Waals surface area (Å²) in [5.41, 5.74) is 0. The third-order valence-electron chi connectivity index (χ3n) is 3.33. The summed E-state index contributed by atoms with van der Waals surface area (Å²) < 4.78 is 2.00. The summed E-state index contributed by atoms with van der Waals surface area (Å²) in [5.74, 6) is 3.21. The van der Waals surface area contributed by atoms with E-state index in [9.17, 15) is 0 Å². The van der Waals surface area contributed by atoms with Crippen molar-refractivity contribution < 1.29 is 0 Å². The van der Waals surface area contributed by atoms with Crippen LogP contribution in [0.3, 0.4) is 0 Å². The molecule has 0 bridgehead atoms. The van der Waals surface area contributed by atoms with E-state index in [1.165, 1.54) is 12.8 Å². The second-order valence-corrected chi connectivity index (χ2v) is 5.38. The molecule has 1 saturated carbocycles. The molecule has 0 atom stereocenters. The Kier molecular flexibility index (Phi) is 3.14. The van der Waals surface area contributed by atoms with Gasteiger partial charge in [0.15, 0.2) is 0 Å². The molecule has 100 valence electrons. The molecular weight excluding hydrogens is 262 g/mol. The molecule has 1 fully saturated rings. The monoisotopic (exact) mass is 277 g/mol. The number of anilines is 1. The Morgan fingerprint density at radius 3 is 2.84 bits per heavy atom. The number of aryl methyl sites for hydroxylation is 1. The van der Waals surface area contributed by atoms with Crippen molar-refractivity contribution in [3.63, 3.8) is 0 Å². The van der Waals surface area contributed by atoms with Crippen molar-refractivity contribution in [3.8, 4) is 0 Å². The molecule has 1 aliphatic rings. The van der Waals surface area contributed by atoms with E-state index >= 15 is 0 Å². The second-order valence-electron chi connectivity index (χ2n) is 4.99. The smallest absolute Gasteiger partial charge is 0.135 e. The van der Waals surface area contributed by atoms with E-state index in [2.05, 4.69) is 15.0 Å². The minimum atomic E-state index is 0.499. The topological polar surface area (TPSA) is 46.8 Å². The third kappa shape index (κ3) is 2.71. The van der Waals surface area contributed by atoms with E-state index in [4.69, 9.17) is 11.6 Å². The zero-order chi connectivity index (χ0) is 13.4. The predicted molar refractivity (Wildman–Crippen MR) is 74.3 cm³/mol. The normalized spacial score (nSPS) is 14.7. The fourth-order valence-electron chi connectivity index (χ4n) is 1.98. The fraction of sp³-hybridized carbons (Fsp3) is 0.462. The lowest BCUT2D eigenvalue weighted by molar-refractivity contribution is 0.750. The first-order chi connectivity index (χ1) is 9.13. The van der Waals surface area contributed by atoms with Crippen molar-refractivity contribution in [3.05, 3.63) is 35.3 Å². The highest BCUT2D eigenvalue weighted by molar-refractivity contribution is 6.29. The Morgan fingerprint density at radius 2 is 2.21 bits per heavy atom. The Morgan fingerprint density at radius 1 is 1.42 bits per heavy atom. The summed E-state index contributed by atoms with van der Waals surface area (Å²) in [7, 11) is 3.97. The van der Waals surface area contributed by atoms with Crippen LogP contribution in [0.15, 0.2) is 18.5 Å². The lowest BCUT2D eigenvalue weighted by Crippen LogP contribution is -2.20. The van der Waals surface area contributed by atoms with E-state index in [1.54, 1.807) is 12.3 Å². The quantitative estimate of drug-likeness (QED) is 0.805. The van der Waals surface area contributed by atoms with Gasteiger partial charge in [-0.25, -0.2) is 15.0 Å². The van der Waals surface area contributed by atoms with Gasteiger partial charge in [0.05, 0.1) is 6.54 Å². The maximum atomic E-state index is 6.08. The first kappa shape index (κ1) is 12.4. The molecule has 5 nitrogen and oxygen atoms in total. The van der Waals surface area contributed by atoms with Crippen LogP contribution in [-0.4, -0.2) is 26.6 Å². The summed E-state index contributed by atoms with van der Waals surface area (Å²) in [6, 6.07) is 1.80. The number of hydrogen-bond donors (Lipinski definition) is 0. The molecule has 19 heavy (non-hydrogen) atoms. The average Bonchev–Trinajstić information content (AvgIpc) is 3.15. The van der Waals surface area contributed by atoms with Crippen LogP contribution in [0.2, 0.25) is 5.15 Å². The van der Waals surface area contributed by atoms with Gasteiger partial charge in [-0.15, -0.1) is 0 Å². The summed E-state index contributed by atoms with van der Waals surface area (Å²) in [4.78, 5) is 15.3. The van der Waals surface area contributed by atoms with E-state index in [0.29, 0.717) is 17.6 Å². The van der Waals surface area contributed by atoms with Crippen LogP contribution in [0.4, 0.5) is 5.82 Å². The SMILES string of the molecule is CN(Cc1nccn1C)c1cc(Cl)nc(C2CC2)n1. The summed E-state index contributed by atoms with van der Waals surface area (Å²) in [5, 5.41) is 0.513. The molecule has 0 N–H and O–H groups in total. The van der Waals surface area contributed by atoms with Crippen LogP contribution >= 0.6 is 11.6 Å². The molecule has 0 aliphatic heterocycles. The van der Waals surface area contributed by atoms with Crippen molar-refractivity contribution in [1.29, 1.82) is 0 Å². The third-order valence-corrected chi connectivity index (χ3v) is 3.53. The van der Waals surface area contributed by atoms with Gasteiger partial charge in [-0.2, -0.15) is 0 Å². The molecule has 6 heteroatoms. The largest absolute Gasteiger partial charge is 0.352 e. The van der Waals surface area contributed by atoms with Gasteiger partial charge in [-0.3, -0.25) is 0 Å². The molecule has 0 saturated heterocycles. The number of nitrogens with zero attached hydrogens (tertiary/aromatic N) is 5. The van der Waals surface area contributed by atoms with Crippen molar-refractivity contribution >= 4 is 17.4 Å². The molecule has 0 unspecified atom stereocenters. The van der Waals surface area contributed by atoms with Gasteiger partial charge in [0.25, 0.3) is 0 Å². The van der Waals surface area contributed by atoms with Crippen LogP contribution in [-0.2, 0) is 13.6 Å². The number of aromatic nitrogens is 4. The van der Waals surface area contributed by atoms with E-state index in [0.717, 1.165) is 17.5 Å². The Bertz CT molecular complexity index is 590. The van der Waals surface area contributed by atoms with Gasteiger partial charge >= 0.3 is 0 Å². The average molecular weight is 278 g/mol. The molecular formula is C13H16ClN5. The molecule has 3 rings (SSSR count). The number of halogens is 1. The zero-order valence-corrected chi connectivity index (χ0v) is 11.8. The molecule has 0 radical (unpaired) electrons. The van der Waals surface area contributed by atoms with Crippen LogP contribution < -0.4 is 4.90 Å². The highest BCUT2D eigenvalue weighted by Crippen LogP contribution is 2.39. The van der Waals surface area contributed by atoms with Crippen molar-refractivity contribution in [2.45, 2.75) is 25.3 Å². The van der Waals surface area contributed by atoms with Gasteiger partial charge in [0.2, 0.25) is 0 Å². The number of hydrogen-bond acceptors (Lipinski definition) is 4. The Labute approximate surface area is 117 Å². The Balaban J connectivity index is 1.82. The standard InChI is InChI=1S/C13H16ClN5/c1-18-6-5-15-12(18)8-19(2)11-7-10(14)16-13(17-11)9-3-4-9/h5-7,9H,3-4,8H2,1-2H3. The second kappa shape index (κ2) is 4.81. The summed E-state index contributed by atoms with van der Waals surface area (Å²) >= 11 is 6.08. The van der Waals surface area contributed by atoms with Crippen LogP contribution in [0.5, 0.6) is 0 Å². The molecule has 0 aromatic carbocycles. The molecule has 2 aromatic heterocycles. The fourth-order valence-corrected chi connectivity index (χ4v) is 2.17. The van der Waals surface area contributed by atoms with E-state index in [-0.39, 0.29) is 0 Å². The minimum Gasteiger partial charge on any atom is -0.352 e. The van der Waals surface area contributed by atoms with E-state index < -0.39 is 0 Å². The lowest BCUT2D eigenvalue weighted by atomic mass is 10.4. The summed E-state index contributed by atoms with van der Waals surface area (Å²) in [6.45, 7) is 0.695. The first-order valence-electron chi connectivity index (χ1n) is 6.35. The lowest BCUT2D eigenvalue weighted by Gasteiger charge is -2.18. The molecule has 0 amide bonds. The maximum absolute atomic E-state index is 6.08. The molecule has 1 aliphatic carbocycles. The molecule has 0 spiro atoms. The maximum Gasteiger partial charge on any atom is 0.135 e.